The zero-order valence-electron chi connectivity index (χ0n) is 19.4. The Hall–Kier alpha value is -4.33. The predicted molar refractivity (Wildman–Crippen MR) is 126 cm³/mol. The van der Waals surface area contributed by atoms with Gasteiger partial charge in [-0.1, -0.05) is 0 Å². The number of benzene rings is 2. The van der Waals surface area contributed by atoms with Gasteiger partial charge in [-0.3, -0.25) is 9.59 Å². The van der Waals surface area contributed by atoms with Crippen LogP contribution >= 0.6 is 0 Å². The second kappa shape index (κ2) is 9.85. The standard InChI is InChI=1S/C24H18F4N4O5S/c1-14-22(34)32(18-6-8-19(9-7-18)38(36,37)24(26,27)28)23(35)31(14)13-15-10-11-29-20(12-15)30-21(33)16-2-4-17(25)5-3-16/h2-12,14H,13H2,1H3,(H,29,30,33). The molecule has 1 saturated heterocycles. The van der Waals surface area contributed by atoms with Gasteiger partial charge in [0, 0.05) is 18.3 Å². The lowest BCUT2D eigenvalue weighted by molar-refractivity contribution is -0.119. The summed E-state index contributed by atoms with van der Waals surface area (Å²) in [6.45, 7) is 1.38. The number of hydrogen-bond donors (Lipinski definition) is 1. The Bertz CT molecular complexity index is 1510. The molecule has 0 aliphatic carbocycles. The fraction of sp³-hybridized carbons (Fsp3) is 0.167. The fourth-order valence-corrected chi connectivity index (χ4v) is 4.45. The van der Waals surface area contributed by atoms with Gasteiger partial charge in [-0.05, 0) is 73.2 Å². The van der Waals surface area contributed by atoms with E-state index in [1.807, 2.05) is 0 Å². The van der Waals surface area contributed by atoms with Crippen molar-refractivity contribution in [1.82, 2.24) is 9.88 Å². The lowest BCUT2D eigenvalue weighted by atomic mass is 10.2. The first-order valence-corrected chi connectivity index (χ1v) is 12.4. The lowest BCUT2D eigenvalue weighted by Crippen LogP contribution is -2.33. The molecule has 0 saturated carbocycles. The molecule has 4 rings (SSSR count). The number of urea groups is 1. The summed E-state index contributed by atoms with van der Waals surface area (Å²) in [5, 5.41) is 2.55. The Morgan fingerprint density at radius 1 is 1.03 bits per heavy atom. The van der Waals surface area contributed by atoms with E-state index in [2.05, 4.69) is 10.3 Å². The maximum atomic E-state index is 13.1. The van der Waals surface area contributed by atoms with Gasteiger partial charge >= 0.3 is 11.5 Å². The SMILES string of the molecule is CC1C(=O)N(c2ccc(S(=O)(=O)C(F)(F)F)cc2)C(=O)N1Cc1ccnc(NC(=O)c2ccc(F)cc2)c1. The third-order valence-electron chi connectivity index (χ3n) is 5.72. The van der Waals surface area contributed by atoms with Crippen molar-refractivity contribution < 1.29 is 40.4 Å². The van der Waals surface area contributed by atoms with Gasteiger partial charge in [0.25, 0.3) is 21.7 Å². The molecule has 1 unspecified atom stereocenters. The zero-order chi connectivity index (χ0) is 27.8. The summed E-state index contributed by atoms with van der Waals surface area (Å²) in [6.07, 6.45) is 1.38. The normalized spacial score (nSPS) is 16.2. The monoisotopic (exact) mass is 550 g/mol. The number of imide groups is 1. The third kappa shape index (κ3) is 5.07. The number of hydrogen-bond acceptors (Lipinski definition) is 6. The molecule has 14 heteroatoms. The first-order valence-electron chi connectivity index (χ1n) is 10.9. The van der Waals surface area contributed by atoms with E-state index in [0.29, 0.717) is 17.7 Å². The average Bonchev–Trinajstić information content (AvgIpc) is 3.07. The van der Waals surface area contributed by atoms with Crippen molar-refractivity contribution in [2.75, 3.05) is 10.2 Å². The number of nitrogens with zero attached hydrogens (tertiary/aromatic N) is 3. The number of pyridine rings is 1. The summed E-state index contributed by atoms with van der Waals surface area (Å²) in [5.74, 6) is -1.57. The van der Waals surface area contributed by atoms with E-state index in [1.54, 1.807) is 6.07 Å². The number of nitrogens with one attached hydrogen (secondary N) is 1. The van der Waals surface area contributed by atoms with E-state index in [-0.39, 0.29) is 23.6 Å². The molecule has 3 aromatic rings. The van der Waals surface area contributed by atoms with Crippen molar-refractivity contribution in [3.8, 4) is 0 Å². The number of anilines is 2. The molecule has 198 valence electrons. The summed E-state index contributed by atoms with van der Waals surface area (Å²) in [4.78, 5) is 43.2. The van der Waals surface area contributed by atoms with Crippen LogP contribution in [0.5, 0.6) is 0 Å². The van der Waals surface area contributed by atoms with Crippen LogP contribution in [0.15, 0.2) is 71.8 Å². The number of alkyl halides is 3. The van der Waals surface area contributed by atoms with Crippen LogP contribution in [0.2, 0.25) is 0 Å². The highest BCUT2D eigenvalue weighted by molar-refractivity contribution is 7.92. The summed E-state index contributed by atoms with van der Waals surface area (Å²) in [6, 6.07) is 9.39. The van der Waals surface area contributed by atoms with Gasteiger partial charge in [0.2, 0.25) is 0 Å². The molecule has 38 heavy (non-hydrogen) atoms. The smallest absolute Gasteiger partial charge is 0.308 e. The molecule has 1 aliphatic rings. The van der Waals surface area contributed by atoms with Crippen LogP contribution in [0.3, 0.4) is 0 Å². The second-order valence-electron chi connectivity index (χ2n) is 8.21. The van der Waals surface area contributed by atoms with Crippen molar-refractivity contribution in [3.63, 3.8) is 0 Å². The quantitative estimate of drug-likeness (QED) is 0.365. The third-order valence-corrected chi connectivity index (χ3v) is 7.22. The number of carbonyl (C=O) groups excluding carboxylic acids is 3. The van der Waals surface area contributed by atoms with Crippen molar-refractivity contribution in [3.05, 3.63) is 83.8 Å². The van der Waals surface area contributed by atoms with Gasteiger partial charge in [0.05, 0.1) is 10.6 Å². The molecule has 1 aliphatic heterocycles. The zero-order valence-corrected chi connectivity index (χ0v) is 20.3. The molecule has 2 aromatic carbocycles. The van der Waals surface area contributed by atoms with E-state index in [9.17, 15) is 40.4 Å². The van der Waals surface area contributed by atoms with Crippen molar-refractivity contribution in [1.29, 1.82) is 0 Å². The molecular weight excluding hydrogens is 532 g/mol. The molecule has 1 atom stereocenters. The highest BCUT2D eigenvalue weighted by atomic mass is 32.2. The highest BCUT2D eigenvalue weighted by Crippen LogP contribution is 2.33. The lowest BCUT2D eigenvalue weighted by Gasteiger charge is -2.20. The van der Waals surface area contributed by atoms with Crippen LogP contribution in [-0.2, 0) is 21.2 Å². The first-order chi connectivity index (χ1) is 17.8. The fourth-order valence-electron chi connectivity index (χ4n) is 3.69. The Morgan fingerprint density at radius 3 is 2.26 bits per heavy atom. The summed E-state index contributed by atoms with van der Waals surface area (Å²) in [5.41, 5.74) is -4.91. The number of carbonyl (C=O) groups is 3. The topological polar surface area (TPSA) is 117 Å². The molecule has 0 radical (unpaired) electrons. The van der Waals surface area contributed by atoms with Crippen LogP contribution in [-0.4, -0.2) is 47.7 Å². The van der Waals surface area contributed by atoms with Gasteiger partial charge in [-0.25, -0.2) is 27.5 Å². The molecule has 0 spiro atoms. The maximum Gasteiger partial charge on any atom is 0.501 e. The Balaban J connectivity index is 1.50. The van der Waals surface area contributed by atoms with Gasteiger partial charge in [0.1, 0.15) is 17.7 Å². The molecule has 0 bridgehead atoms. The van der Waals surface area contributed by atoms with Crippen molar-refractivity contribution in [2.45, 2.75) is 29.9 Å². The van der Waals surface area contributed by atoms with Gasteiger partial charge in [-0.2, -0.15) is 13.2 Å². The van der Waals surface area contributed by atoms with Crippen LogP contribution in [0.1, 0.15) is 22.8 Å². The number of halogens is 4. The number of sulfone groups is 1. The summed E-state index contributed by atoms with van der Waals surface area (Å²) >= 11 is 0. The van der Waals surface area contributed by atoms with Crippen LogP contribution in [0.4, 0.5) is 33.9 Å². The largest absolute Gasteiger partial charge is 0.501 e. The minimum Gasteiger partial charge on any atom is -0.308 e. The average molecular weight is 550 g/mol. The molecule has 1 aromatic heterocycles. The van der Waals surface area contributed by atoms with Crippen molar-refractivity contribution >= 4 is 39.2 Å². The first kappa shape index (κ1) is 26.7. The van der Waals surface area contributed by atoms with E-state index < -0.39 is 49.9 Å². The Labute approximate surface area is 213 Å². The van der Waals surface area contributed by atoms with E-state index in [1.165, 1.54) is 36.2 Å². The van der Waals surface area contributed by atoms with Gasteiger partial charge < -0.3 is 10.2 Å². The Kier molecular flexibility index (Phi) is 6.93. The molecule has 1 N–H and O–H groups in total. The van der Waals surface area contributed by atoms with Crippen molar-refractivity contribution in [2.24, 2.45) is 0 Å². The number of aromatic nitrogens is 1. The summed E-state index contributed by atoms with van der Waals surface area (Å²) < 4.78 is 74.7. The summed E-state index contributed by atoms with van der Waals surface area (Å²) in [7, 11) is -5.59. The number of amides is 4. The molecule has 9 nitrogen and oxygen atoms in total. The molecule has 2 heterocycles. The van der Waals surface area contributed by atoms with Crippen LogP contribution in [0.25, 0.3) is 0 Å². The van der Waals surface area contributed by atoms with E-state index in [4.69, 9.17) is 0 Å². The second-order valence-corrected chi connectivity index (χ2v) is 10.2. The van der Waals surface area contributed by atoms with Gasteiger partial charge in [-0.15, -0.1) is 0 Å². The van der Waals surface area contributed by atoms with Crippen LogP contribution in [0, 0.1) is 5.82 Å². The minimum atomic E-state index is -5.59. The van der Waals surface area contributed by atoms with Crippen LogP contribution < -0.4 is 10.2 Å². The number of rotatable bonds is 6. The predicted octanol–water partition coefficient (Wildman–Crippen LogP) is 4.12. The molecule has 1 fully saturated rings. The maximum absolute atomic E-state index is 13.1. The highest BCUT2D eigenvalue weighted by Gasteiger charge is 2.47. The van der Waals surface area contributed by atoms with E-state index >= 15 is 0 Å². The van der Waals surface area contributed by atoms with E-state index in [0.717, 1.165) is 29.2 Å². The minimum absolute atomic E-state index is 0.0787. The molecule has 4 amide bonds. The van der Waals surface area contributed by atoms with Gasteiger partial charge in [0.15, 0.2) is 0 Å². The molecular formula is C24H18F4N4O5S. The Morgan fingerprint density at radius 2 is 1.66 bits per heavy atom.